The summed E-state index contributed by atoms with van der Waals surface area (Å²) in [6.45, 7) is 18.8. The summed E-state index contributed by atoms with van der Waals surface area (Å²) >= 11 is 23.7. The fourth-order valence-electron chi connectivity index (χ4n) is 16.4. The van der Waals surface area contributed by atoms with Crippen molar-refractivity contribution >= 4 is 188 Å². The van der Waals surface area contributed by atoms with Gasteiger partial charge in [-0.2, -0.15) is 0 Å². The first kappa shape index (κ1) is 83.9. The molecule has 110 heavy (non-hydrogen) atoms. The molecule has 0 amide bonds. The molecule has 12 heterocycles. The van der Waals surface area contributed by atoms with E-state index in [0.717, 1.165) is 60.9 Å². The zero-order valence-electron chi connectivity index (χ0n) is 67.0. The third kappa shape index (κ3) is 20.9. The van der Waals surface area contributed by atoms with Crippen LogP contribution in [0.5, 0.6) is 0 Å². The van der Waals surface area contributed by atoms with Gasteiger partial charge < -0.3 is 0 Å². The highest BCUT2D eigenvalue weighted by Crippen LogP contribution is 2.58. The second-order valence-electron chi connectivity index (χ2n) is 31.4. The lowest BCUT2D eigenvalue weighted by atomic mass is 9.95. The zero-order chi connectivity index (χ0) is 76.3. The summed E-state index contributed by atoms with van der Waals surface area (Å²) in [7, 11) is 0. The molecule has 0 aliphatic carbocycles. The summed E-state index contributed by atoms with van der Waals surface area (Å²) in [6, 6.07) is 35.0. The third-order valence-corrected chi connectivity index (χ3v) is 37.7. The van der Waals surface area contributed by atoms with Crippen LogP contribution >= 0.6 is 136 Å². The van der Waals surface area contributed by atoms with Crippen molar-refractivity contribution in [3.8, 4) is 79.4 Å². The number of hydrogen-bond donors (Lipinski definition) is 0. The van der Waals surface area contributed by atoms with Crippen LogP contribution in [0.2, 0.25) is 0 Å². The zero-order valence-corrected chi connectivity index (χ0v) is 76.8. The van der Waals surface area contributed by atoms with Crippen molar-refractivity contribution in [3.05, 3.63) is 127 Å². The SMILES string of the molecule is CCCCCCCCc1cc(C=O)sc1-c1cc2sc(-c3sc(-c4cc5c(-c6ccc(CC(CC)CCCC)s6)c6sc(-c7cc(CCCCCCCC)c(-c8cc9sc(-c%10sc(C=O)cc%10CCCCCCCC)cc9s8)s7)cc6c(-c6ccc(CC(CC)CCCC)s6)c5s4)cc3CCCCCCCC)cc2s1. The molecular weight excluding hydrogens is 1570 g/mol. The van der Waals surface area contributed by atoms with E-state index in [4.69, 9.17) is 0 Å². The predicted octanol–water partition coefficient (Wildman–Crippen LogP) is 37.1. The van der Waals surface area contributed by atoms with Gasteiger partial charge in [-0.1, -0.05) is 235 Å². The highest BCUT2D eigenvalue weighted by molar-refractivity contribution is 7.36. The van der Waals surface area contributed by atoms with E-state index in [-0.39, 0.29) is 0 Å². The number of aryl methyl sites for hydroxylation is 4. The summed E-state index contributed by atoms with van der Waals surface area (Å²) in [5.74, 6) is 1.39. The van der Waals surface area contributed by atoms with Gasteiger partial charge in [0.1, 0.15) is 0 Å². The molecule has 13 aromatic rings. The van der Waals surface area contributed by atoms with Gasteiger partial charge in [-0.25, -0.2) is 0 Å². The first-order chi connectivity index (χ1) is 54.0. The van der Waals surface area contributed by atoms with Crippen LogP contribution in [-0.2, 0) is 38.5 Å². The lowest BCUT2D eigenvalue weighted by Gasteiger charge is -2.13. The monoisotopic (exact) mass is 1690 g/mol. The minimum atomic E-state index is 0.696. The van der Waals surface area contributed by atoms with Crippen molar-refractivity contribution in [3.63, 3.8) is 0 Å². The largest absolute Gasteiger partial charge is 0.297 e. The summed E-state index contributed by atoms with van der Waals surface area (Å²) in [5, 5.41) is 2.84. The molecule has 0 N–H and O–H groups in total. The number of thiophene rings is 12. The predicted molar refractivity (Wildman–Crippen MR) is 508 cm³/mol. The lowest BCUT2D eigenvalue weighted by Crippen LogP contribution is -2.01. The highest BCUT2D eigenvalue weighted by atomic mass is 32.1. The van der Waals surface area contributed by atoms with Gasteiger partial charge in [0, 0.05) is 128 Å². The van der Waals surface area contributed by atoms with Crippen molar-refractivity contribution in [2.24, 2.45) is 11.8 Å². The van der Waals surface area contributed by atoms with Crippen LogP contribution in [0.4, 0.5) is 0 Å². The number of rotatable bonds is 50. The van der Waals surface area contributed by atoms with Gasteiger partial charge in [0.2, 0.25) is 0 Å². The van der Waals surface area contributed by atoms with E-state index in [9.17, 15) is 9.59 Å². The Labute approximate surface area is 707 Å². The van der Waals surface area contributed by atoms with Crippen molar-refractivity contribution < 1.29 is 9.59 Å². The van der Waals surface area contributed by atoms with E-state index in [0.29, 0.717) is 11.8 Å². The molecule has 1 aromatic carbocycles. The van der Waals surface area contributed by atoms with Crippen LogP contribution in [0.1, 0.15) is 312 Å². The summed E-state index contributed by atoms with van der Waals surface area (Å²) in [5.41, 5.74) is 8.62. The van der Waals surface area contributed by atoms with Gasteiger partial charge in [0.05, 0.1) is 9.75 Å². The molecule has 0 aliphatic heterocycles. The maximum absolute atomic E-state index is 12.3. The van der Waals surface area contributed by atoms with Crippen molar-refractivity contribution in [1.29, 1.82) is 0 Å². The Hall–Kier alpha value is -4.00. The Morgan fingerprint density at radius 1 is 0.273 bits per heavy atom. The van der Waals surface area contributed by atoms with Gasteiger partial charge in [-0.15, -0.1) is 136 Å². The van der Waals surface area contributed by atoms with Gasteiger partial charge in [0.25, 0.3) is 0 Å². The smallest absolute Gasteiger partial charge is 0.160 e. The molecule has 12 aromatic heterocycles. The molecule has 0 aliphatic rings. The highest BCUT2D eigenvalue weighted by Gasteiger charge is 2.29. The normalized spacial score (nSPS) is 12.7. The van der Waals surface area contributed by atoms with E-state index in [1.54, 1.807) is 22.7 Å². The van der Waals surface area contributed by atoms with Gasteiger partial charge >= 0.3 is 0 Å². The molecule has 0 radical (unpaired) electrons. The summed E-state index contributed by atoms with van der Waals surface area (Å²) in [6.07, 6.45) is 49.5. The van der Waals surface area contributed by atoms with Crippen LogP contribution in [0.25, 0.3) is 118 Å². The van der Waals surface area contributed by atoms with E-state index in [1.807, 2.05) is 45.3 Å². The number of aldehydes is 2. The average molecular weight is 1690 g/mol. The lowest BCUT2D eigenvalue weighted by molar-refractivity contribution is 0.111. The number of unbranched alkanes of at least 4 members (excludes halogenated alkanes) is 22. The van der Waals surface area contributed by atoms with Gasteiger partial charge in [0.15, 0.2) is 12.6 Å². The number of carbonyl (C=O) groups is 2. The Kier molecular flexibility index (Phi) is 32.2. The Morgan fingerprint density at radius 2 is 0.573 bits per heavy atom. The standard InChI is InChI=1S/C96H118O2S12/c1-9-17-23-27-31-35-41-65-51-71(61-97)101-91(65)85-57-81-83(103-85)59-87(105-81)93-67(43-37-33-29-25-19-11-3)53-77(107-93)79-55-73-89(75-47-45-69(99-75)49-63(15-7)39-21-13-5)96-74(90(95(73)109-79)76-48-46-70(100-76)50-64(16-8)40-22-14-6)56-80(110-96)78-54-68(44-38-34-30-26-20-12-4)94(108-78)88-60-84-82(106-88)58-86(104-84)92-66(52-72(62-98)102-92)42-36-32-28-24-18-10-2/h45-48,51-64H,9-44,49-50H2,1-8H3. The average Bonchev–Trinajstić information content (AvgIpc) is 1.55. The van der Waals surface area contributed by atoms with E-state index >= 15 is 0 Å². The molecule has 0 fully saturated rings. The molecule has 586 valence electrons. The van der Waals surface area contributed by atoms with Crippen molar-refractivity contribution in [1.82, 2.24) is 0 Å². The fourth-order valence-corrected chi connectivity index (χ4v) is 31.3. The second-order valence-corrected chi connectivity index (χ2v) is 44.4. The molecule has 0 saturated heterocycles. The molecular formula is C96H118O2S12. The van der Waals surface area contributed by atoms with Crippen molar-refractivity contribution in [2.75, 3.05) is 0 Å². The van der Waals surface area contributed by atoms with Crippen LogP contribution in [0, 0.1) is 11.8 Å². The molecule has 13 rings (SSSR count). The van der Waals surface area contributed by atoms with Crippen LogP contribution in [-0.4, -0.2) is 12.6 Å². The fraction of sp³-hybridized carbons (Fsp3) is 0.500. The first-order valence-electron chi connectivity index (χ1n) is 42.8. The number of hydrogen-bond acceptors (Lipinski definition) is 14. The Morgan fingerprint density at radius 3 is 0.891 bits per heavy atom. The van der Waals surface area contributed by atoms with E-state index < -0.39 is 0 Å². The van der Waals surface area contributed by atoms with Crippen LogP contribution in [0.15, 0.2) is 84.9 Å². The van der Waals surface area contributed by atoms with Gasteiger partial charge in [-0.3, -0.25) is 9.59 Å². The van der Waals surface area contributed by atoms with E-state index in [2.05, 4.69) is 208 Å². The Balaban J connectivity index is 0.932. The third-order valence-electron chi connectivity index (χ3n) is 22.8. The number of benzene rings is 1. The first-order valence-corrected chi connectivity index (χ1v) is 52.6. The van der Waals surface area contributed by atoms with Gasteiger partial charge in [-0.05, 0) is 183 Å². The van der Waals surface area contributed by atoms with Crippen LogP contribution < -0.4 is 0 Å². The van der Waals surface area contributed by atoms with Crippen LogP contribution in [0.3, 0.4) is 0 Å². The molecule has 2 atom stereocenters. The summed E-state index contributed by atoms with van der Waals surface area (Å²) < 4.78 is 8.34. The maximum atomic E-state index is 12.3. The molecule has 14 heteroatoms. The molecule has 0 spiro atoms. The van der Waals surface area contributed by atoms with Crippen molar-refractivity contribution in [2.45, 2.75) is 299 Å². The summed E-state index contributed by atoms with van der Waals surface area (Å²) in [4.78, 5) is 48.8. The minimum absolute atomic E-state index is 0.696. The number of carbonyl (C=O) groups excluding carboxylic acids is 2. The topological polar surface area (TPSA) is 34.1 Å². The second kappa shape index (κ2) is 42.2. The van der Waals surface area contributed by atoms with E-state index in [1.165, 1.54) is 356 Å². The molecule has 0 saturated carbocycles. The maximum Gasteiger partial charge on any atom is 0.160 e. The molecule has 2 unspecified atom stereocenters. The minimum Gasteiger partial charge on any atom is -0.297 e. The quantitative estimate of drug-likeness (QED) is 0.0281. The Bertz CT molecular complexity index is 4600. The number of fused-ring (bicyclic) bond motifs is 4. The molecule has 0 bridgehead atoms. The molecule has 2 nitrogen and oxygen atoms in total.